The first-order chi connectivity index (χ1) is 11.2. The van der Waals surface area contributed by atoms with E-state index in [1.54, 1.807) is 19.2 Å². The maximum atomic E-state index is 9.49. The molecule has 23 heavy (non-hydrogen) atoms. The van der Waals surface area contributed by atoms with Gasteiger partial charge < -0.3 is 9.84 Å². The predicted octanol–water partition coefficient (Wildman–Crippen LogP) is 3.95. The van der Waals surface area contributed by atoms with Crippen molar-refractivity contribution in [3.05, 3.63) is 59.2 Å². The molecule has 2 aromatic rings. The molecule has 1 heterocycles. The van der Waals surface area contributed by atoms with Crippen molar-refractivity contribution in [2.75, 3.05) is 20.2 Å². The average Bonchev–Trinajstić information content (AvgIpc) is 2.58. The Bertz CT molecular complexity index is 651. The monoisotopic (exact) mass is 311 g/mol. The lowest BCUT2D eigenvalue weighted by atomic mass is 9.88. The summed E-state index contributed by atoms with van der Waals surface area (Å²) in [5, 5.41) is 9.49. The second-order valence-electron chi connectivity index (χ2n) is 6.24. The van der Waals surface area contributed by atoms with E-state index in [1.165, 1.54) is 16.7 Å². The molecule has 1 aliphatic rings. The van der Waals surface area contributed by atoms with Gasteiger partial charge >= 0.3 is 0 Å². The number of fused-ring (bicyclic) bond motifs is 1. The summed E-state index contributed by atoms with van der Waals surface area (Å²) in [4.78, 5) is 2.58. The van der Waals surface area contributed by atoms with Gasteiger partial charge in [-0.15, -0.1) is 0 Å². The molecule has 2 aromatic carbocycles. The first kappa shape index (κ1) is 15.9. The molecule has 0 saturated carbocycles. The highest BCUT2D eigenvalue weighted by molar-refractivity contribution is 5.40. The van der Waals surface area contributed by atoms with Crippen LogP contribution in [-0.4, -0.2) is 30.2 Å². The topological polar surface area (TPSA) is 32.7 Å². The molecule has 0 bridgehead atoms. The van der Waals surface area contributed by atoms with Crippen molar-refractivity contribution in [3.8, 4) is 11.5 Å². The molecule has 1 aliphatic heterocycles. The van der Waals surface area contributed by atoms with Crippen LogP contribution in [0.4, 0.5) is 0 Å². The van der Waals surface area contributed by atoms with E-state index < -0.39 is 0 Å². The van der Waals surface area contributed by atoms with Gasteiger partial charge in [-0.1, -0.05) is 25.1 Å². The smallest absolute Gasteiger partial charge is 0.119 e. The summed E-state index contributed by atoms with van der Waals surface area (Å²) in [5.74, 6) is 1.27. The predicted molar refractivity (Wildman–Crippen MR) is 93.1 cm³/mol. The van der Waals surface area contributed by atoms with Gasteiger partial charge in [0.1, 0.15) is 11.5 Å². The molecular weight excluding hydrogens is 286 g/mol. The lowest BCUT2D eigenvalue weighted by molar-refractivity contribution is 0.183. The van der Waals surface area contributed by atoms with Gasteiger partial charge in [-0.2, -0.15) is 0 Å². The largest absolute Gasteiger partial charge is 0.508 e. The van der Waals surface area contributed by atoms with Crippen LogP contribution in [0.25, 0.3) is 0 Å². The van der Waals surface area contributed by atoms with Gasteiger partial charge in [-0.25, -0.2) is 0 Å². The van der Waals surface area contributed by atoms with Gasteiger partial charge in [0, 0.05) is 12.6 Å². The number of rotatable bonds is 5. The summed E-state index contributed by atoms with van der Waals surface area (Å²) in [7, 11) is 1.72. The van der Waals surface area contributed by atoms with Crippen molar-refractivity contribution in [3.63, 3.8) is 0 Å². The summed E-state index contributed by atoms with van der Waals surface area (Å²) in [5.41, 5.74) is 4.08. The Morgan fingerprint density at radius 2 is 1.96 bits per heavy atom. The van der Waals surface area contributed by atoms with Crippen molar-refractivity contribution in [1.29, 1.82) is 0 Å². The molecule has 0 saturated heterocycles. The molecule has 122 valence electrons. The van der Waals surface area contributed by atoms with E-state index in [0.717, 1.165) is 38.1 Å². The van der Waals surface area contributed by atoms with Crippen LogP contribution in [0.2, 0.25) is 0 Å². The number of aromatic hydroxyl groups is 1. The van der Waals surface area contributed by atoms with E-state index in [2.05, 4.69) is 30.0 Å². The van der Waals surface area contributed by atoms with E-state index in [4.69, 9.17) is 4.74 Å². The molecule has 0 spiro atoms. The average molecular weight is 311 g/mol. The standard InChI is InChI=1S/C20H25NO2/c1-3-11-21-12-10-16-14-18(23-2)8-9-19(16)20(21)13-15-4-6-17(22)7-5-15/h4-9,14,20,22H,3,10-13H2,1-2H3. The van der Waals surface area contributed by atoms with Crippen LogP contribution in [0.1, 0.15) is 36.1 Å². The third kappa shape index (κ3) is 3.50. The molecule has 0 radical (unpaired) electrons. The van der Waals surface area contributed by atoms with Crippen LogP contribution in [0.15, 0.2) is 42.5 Å². The number of phenols is 1. The first-order valence-electron chi connectivity index (χ1n) is 8.40. The Labute approximate surface area is 138 Å². The van der Waals surface area contributed by atoms with Gasteiger partial charge in [-0.3, -0.25) is 4.90 Å². The minimum absolute atomic E-state index is 0.327. The van der Waals surface area contributed by atoms with Crippen molar-refractivity contribution in [2.24, 2.45) is 0 Å². The second-order valence-corrected chi connectivity index (χ2v) is 6.24. The maximum absolute atomic E-state index is 9.49. The molecule has 0 amide bonds. The van der Waals surface area contributed by atoms with Crippen LogP contribution in [-0.2, 0) is 12.8 Å². The van der Waals surface area contributed by atoms with Gasteiger partial charge in [0.05, 0.1) is 7.11 Å². The number of benzene rings is 2. The SMILES string of the molecule is CCCN1CCc2cc(OC)ccc2C1Cc1ccc(O)cc1. The molecule has 0 fully saturated rings. The lowest BCUT2D eigenvalue weighted by Gasteiger charge is -2.37. The minimum Gasteiger partial charge on any atom is -0.508 e. The fourth-order valence-corrected chi connectivity index (χ4v) is 3.52. The number of hydrogen-bond acceptors (Lipinski definition) is 3. The minimum atomic E-state index is 0.327. The Hall–Kier alpha value is -2.00. The summed E-state index contributed by atoms with van der Waals surface area (Å²) in [6.45, 7) is 4.45. The summed E-state index contributed by atoms with van der Waals surface area (Å²) in [6, 6.07) is 14.5. The number of methoxy groups -OCH3 is 1. The Morgan fingerprint density at radius 1 is 1.17 bits per heavy atom. The summed E-state index contributed by atoms with van der Waals surface area (Å²) < 4.78 is 5.38. The molecule has 1 unspecified atom stereocenters. The molecule has 1 N–H and O–H groups in total. The number of ether oxygens (including phenoxy) is 1. The Morgan fingerprint density at radius 3 is 2.65 bits per heavy atom. The van der Waals surface area contributed by atoms with Gasteiger partial charge in [0.15, 0.2) is 0 Å². The van der Waals surface area contributed by atoms with Crippen molar-refractivity contribution >= 4 is 0 Å². The van der Waals surface area contributed by atoms with Gasteiger partial charge in [0.2, 0.25) is 0 Å². The zero-order valence-corrected chi connectivity index (χ0v) is 14.0. The highest BCUT2D eigenvalue weighted by Crippen LogP contribution is 2.34. The van der Waals surface area contributed by atoms with Crippen LogP contribution < -0.4 is 4.74 Å². The zero-order valence-electron chi connectivity index (χ0n) is 14.0. The summed E-state index contributed by atoms with van der Waals surface area (Å²) >= 11 is 0. The van der Waals surface area contributed by atoms with Gasteiger partial charge in [0.25, 0.3) is 0 Å². The van der Waals surface area contributed by atoms with Crippen molar-refractivity contribution in [1.82, 2.24) is 4.90 Å². The van der Waals surface area contributed by atoms with E-state index in [0.29, 0.717) is 11.8 Å². The van der Waals surface area contributed by atoms with E-state index in [1.807, 2.05) is 12.1 Å². The summed E-state index contributed by atoms with van der Waals surface area (Å²) in [6.07, 6.45) is 3.22. The maximum Gasteiger partial charge on any atom is 0.119 e. The molecule has 3 nitrogen and oxygen atoms in total. The highest BCUT2D eigenvalue weighted by atomic mass is 16.5. The molecule has 3 heteroatoms. The number of nitrogens with zero attached hydrogens (tertiary/aromatic N) is 1. The van der Waals surface area contributed by atoms with Gasteiger partial charge in [-0.05, 0) is 66.8 Å². The van der Waals surface area contributed by atoms with E-state index in [-0.39, 0.29) is 0 Å². The van der Waals surface area contributed by atoms with Crippen LogP contribution in [0, 0.1) is 0 Å². The number of hydrogen-bond donors (Lipinski definition) is 1. The molecule has 0 aliphatic carbocycles. The van der Waals surface area contributed by atoms with Crippen molar-refractivity contribution in [2.45, 2.75) is 32.2 Å². The van der Waals surface area contributed by atoms with Crippen LogP contribution >= 0.6 is 0 Å². The molecule has 0 aromatic heterocycles. The normalized spacial score (nSPS) is 17.7. The van der Waals surface area contributed by atoms with E-state index in [9.17, 15) is 5.11 Å². The third-order valence-electron chi connectivity index (χ3n) is 4.69. The van der Waals surface area contributed by atoms with Crippen molar-refractivity contribution < 1.29 is 9.84 Å². The second kappa shape index (κ2) is 7.05. The zero-order chi connectivity index (χ0) is 16.2. The quantitative estimate of drug-likeness (QED) is 0.907. The molecule has 1 atom stereocenters. The third-order valence-corrected chi connectivity index (χ3v) is 4.69. The highest BCUT2D eigenvalue weighted by Gasteiger charge is 2.27. The lowest BCUT2D eigenvalue weighted by Crippen LogP contribution is -2.37. The molecule has 3 rings (SSSR count). The van der Waals surface area contributed by atoms with Crippen LogP contribution in [0.3, 0.4) is 0 Å². The van der Waals surface area contributed by atoms with Crippen LogP contribution in [0.5, 0.6) is 11.5 Å². The van der Waals surface area contributed by atoms with E-state index >= 15 is 0 Å². The number of phenolic OH excluding ortho intramolecular Hbond substituents is 1. The Balaban J connectivity index is 1.91. The first-order valence-corrected chi connectivity index (χ1v) is 8.40. The fourth-order valence-electron chi connectivity index (χ4n) is 3.52. The Kier molecular flexibility index (Phi) is 4.87. The molecular formula is C20H25NO2. The fraction of sp³-hybridized carbons (Fsp3) is 0.400.